The third-order valence-electron chi connectivity index (χ3n) is 5.15. The van der Waals surface area contributed by atoms with E-state index in [2.05, 4.69) is 6.07 Å². The molecule has 0 bridgehead atoms. The molecular weight excluding hydrogens is 299 g/mol. The first-order valence-corrected chi connectivity index (χ1v) is 7.79. The molecule has 1 spiro atoms. The van der Waals surface area contributed by atoms with Crippen LogP contribution in [-0.2, 0) is 14.4 Å². The van der Waals surface area contributed by atoms with Crippen LogP contribution in [0.15, 0.2) is 24.3 Å². The lowest BCUT2D eigenvalue weighted by Gasteiger charge is -2.56. The predicted octanol–water partition coefficient (Wildman–Crippen LogP) is 2.35. The van der Waals surface area contributed by atoms with E-state index in [1.54, 1.807) is 12.1 Å². The molecular formula is C17H17FN2O3. The first-order valence-electron chi connectivity index (χ1n) is 7.79. The summed E-state index contributed by atoms with van der Waals surface area (Å²) in [6.07, 6.45) is 1.71. The second-order valence-electron chi connectivity index (χ2n) is 6.86. The molecule has 1 atom stereocenters. The Morgan fingerprint density at radius 2 is 2.00 bits per heavy atom. The van der Waals surface area contributed by atoms with E-state index in [1.165, 1.54) is 17.2 Å². The molecule has 1 amide bonds. The summed E-state index contributed by atoms with van der Waals surface area (Å²) in [5.41, 5.74) is -0.172. The van der Waals surface area contributed by atoms with E-state index in [9.17, 15) is 14.4 Å². The minimum atomic E-state index is -1.01. The van der Waals surface area contributed by atoms with Crippen LogP contribution >= 0.6 is 0 Å². The standard InChI is InChI=1S/C17H17FN2O3/c18-13-3-1-12(2-4-13)14-5-6-23-20(14)15(21)17(9-19)7-16(8-17)10-22-11-16/h1-4,14H,5-8,10-11H2/t14-/m0/s1. The normalized spacial score (nSPS) is 27.1. The Kier molecular flexibility index (Phi) is 3.19. The Morgan fingerprint density at radius 1 is 1.30 bits per heavy atom. The van der Waals surface area contributed by atoms with E-state index in [1.807, 2.05) is 0 Å². The van der Waals surface area contributed by atoms with E-state index in [4.69, 9.17) is 9.57 Å². The van der Waals surface area contributed by atoms with Gasteiger partial charge in [0.15, 0.2) is 0 Å². The molecule has 3 aliphatic rings. The molecule has 1 aromatic carbocycles. The molecule has 3 fully saturated rings. The van der Waals surface area contributed by atoms with Gasteiger partial charge in [-0.25, -0.2) is 9.45 Å². The van der Waals surface area contributed by atoms with Gasteiger partial charge in [-0.15, -0.1) is 0 Å². The second kappa shape index (κ2) is 5.02. The average molecular weight is 316 g/mol. The van der Waals surface area contributed by atoms with Crippen molar-refractivity contribution in [3.63, 3.8) is 0 Å². The van der Waals surface area contributed by atoms with Crippen LogP contribution in [0.5, 0.6) is 0 Å². The van der Waals surface area contributed by atoms with Gasteiger partial charge in [-0.1, -0.05) is 12.1 Å². The first kappa shape index (κ1) is 14.6. The van der Waals surface area contributed by atoms with Gasteiger partial charge >= 0.3 is 0 Å². The van der Waals surface area contributed by atoms with Crippen molar-refractivity contribution < 1.29 is 18.8 Å². The molecule has 120 valence electrons. The van der Waals surface area contributed by atoms with Gasteiger partial charge in [0, 0.05) is 11.8 Å². The van der Waals surface area contributed by atoms with Crippen LogP contribution in [-0.4, -0.2) is 30.8 Å². The largest absolute Gasteiger partial charge is 0.380 e. The maximum Gasteiger partial charge on any atom is 0.267 e. The van der Waals surface area contributed by atoms with E-state index >= 15 is 0 Å². The predicted molar refractivity (Wildman–Crippen MR) is 77.1 cm³/mol. The summed E-state index contributed by atoms with van der Waals surface area (Å²) < 4.78 is 18.3. The monoisotopic (exact) mass is 316 g/mol. The molecule has 2 heterocycles. The Bertz CT molecular complexity index is 670. The molecule has 1 aromatic rings. The molecule has 1 aliphatic carbocycles. The Hall–Kier alpha value is -1.97. The number of nitrogens with zero attached hydrogens (tertiary/aromatic N) is 2. The van der Waals surface area contributed by atoms with E-state index in [-0.39, 0.29) is 23.2 Å². The van der Waals surface area contributed by atoms with Crippen molar-refractivity contribution in [2.45, 2.75) is 25.3 Å². The van der Waals surface area contributed by atoms with E-state index in [0.29, 0.717) is 39.1 Å². The third-order valence-corrected chi connectivity index (χ3v) is 5.15. The summed E-state index contributed by atoms with van der Waals surface area (Å²) in [6.45, 7) is 1.68. The second-order valence-corrected chi connectivity index (χ2v) is 6.86. The van der Waals surface area contributed by atoms with Gasteiger partial charge in [0.25, 0.3) is 5.91 Å². The summed E-state index contributed by atoms with van der Waals surface area (Å²) in [6, 6.07) is 8.02. The number of nitriles is 1. The zero-order chi connectivity index (χ0) is 16.1. The number of hydrogen-bond acceptors (Lipinski definition) is 4. The van der Waals surface area contributed by atoms with Crippen molar-refractivity contribution >= 4 is 5.91 Å². The molecule has 2 aliphatic heterocycles. The van der Waals surface area contributed by atoms with Crippen LogP contribution in [0, 0.1) is 28.0 Å². The quantitative estimate of drug-likeness (QED) is 0.840. The number of hydrogen-bond donors (Lipinski definition) is 0. The highest BCUT2D eigenvalue weighted by Gasteiger charge is 2.64. The molecule has 4 rings (SSSR count). The number of rotatable bonds is 2. The highest BCUT2D eigenvalue weighted by Crippen LogP contribution is 2.59. The topological polar surface area (TPSA) is 62.6 Å². The van der Waals surface area contributed by atoms with Gasteiger partial charge in [-0.3, -0.25) is 9.63 Å². The highest BCUT2D eigenvalue weighted by molar-refractivity contribution is 5.86. The summed E-state index contributed by atoms with van der Waals surface area (Å²) in [7, 11) is 0. The lowest BCUT2D eigenvalue weighted by molar-refractivity contribution is -0.224. The average Bonchev–Trinajstić information content (AvgIpc) is 2.95. The number of benzene rings is 1. The van der Waals surface area contributed by atoms with Crippen molar-refractivity contribution in [3.05, 3.63) is 35.6 Å². The van der Waals surface area contributed by atoms with Crippen LogP contribution in [0.25, 0.3) is 0 Å². The minimum Gasteiger partial charge on any atom is -0.380 e. The van der Waals surface area contributed by atoms with Crippen molar-refractivity contribution in [3.8, 4) is 6.07 Å². The minimum absolute atomic E-state index is 0.0104. The summed E-state index contributed by atoms with van der Waals surface area (Å²) in [4.78, 5) is 18.4. The van der Waals surface area contributed by atoms with Gasteiger partial charge < -0.3 is 4.74 Å². The molecule has 0 radical (unpaired) electrons. The Morgan fingerprint density at radius 3 is 2.57 bits per heavy atom. The maximum absolute atomic E-state index is 13.1. The van der Waals surface area contributed by atoms with E-state index in [0.717, 1.165) is 5.56 Å². The van der Waals surface area contributed by atoms with E-state index < -0.39 is 5.41 Å². The molecule has 1 saturated carbocycles. The van der Waals surface area contributed by atoms with Gasteiger partial charge in [0.2, 0.25) is 0 Å². The maximum atomic E-state index is 13.1. The summed E-state index contributed by atoms with van der Waals surface area (Å²) in [5.74, 6) is -0.589. The molecule has 23 heavy (non-hydrogen) atoms. The SMILES string of the molecule is N#CC1(C(=O)N2OCC[C@H]2c2ccc(F)cc2)CC2(COC2)C1. The van der Waals surface area contributed by atoms with Crippen molar-refractivity contribution in [2.24, 2.45) is 10.8 Å². The molecule has 0 N–H and O–H groups in total. The van der Waals surface area contributed by atoms with Crippen molar-refractivity contribution in [2.75, 3.05) is 19.8 Å². The summed E-state index contributed by atoms with van der Waals surface area (Å²) in [5, 5.41) is 10.9. The molecule has 0 aromatic heterocycles. The zero-order valence-electron chi connectivity index (χ0n) is 12.6. The van der Waals surface area contributed by atoms with Crippen molar-refractivity contribution in [1.82, 2.24) is 5.06 Å². The lowest BCUT2D eigenvalue weighted by Crippen LogP contribution is -2.62. The number of carbonyl (C=O) groups excluding carboxylic acids is 1. The first-order chi connectivity index (χ1) is 11.1. The number of carbonyl (C=O) groups is 1. The number of hydroxylamine groups is 2. The zero-order valence-corrected chi connectivity index (χ0v) is 12.6. The van der Waals surface area contributed by atoms with Crippen LogP contribution < -0.4 is 0 Å². The highest BCUT2D eigenvalue weighted by atomic mass is 19.1. The van der Waals surface area contributed by atoms with Gasteiger partial charge in [-0.2, -0.15) is 5.26 Å². The smallest absolute Gasteiger partial charge is 0.267 e. The van der Waals surface area contributed by atoms with Crippen LogP contribution in [0.2, 0.25) is 0 Å². The molecule has 6 heteroatoms. The fourth-order valence-electron chi connectivity index (χ4n) is 3.97. The van der Waals surface area contributed by atoms with Crippen LogP contribution in [0.3, 0.4) is 0 Å². The Balaban J connectivity index is 1.55. The third kappa shape index (κ3) is 2.15. The number of amides is 1. The van der Waals surface area contributed by atoms with Gasteiger partial charge in [0.1, 0.15) is 11.2 Å². The lowest BCUT2D eigenvalue weighted by atomic mass is 9.52. The fourth-order valence-corrected chi connectivity index (χ4v) is 3.97. The molecule has 0 unspecified atom stereocenters. The summed E-state index contributed by atoms with van der Waals surface area (Å²) >= 11 is 0. The molecule has 5 nitrogen and oxygen atoms in total. The van der Waals surface area contributed by atoms with Gasteiger partial charge in [0.05, 0.1) is 31.9 Å². The Labute approximate surface area is 133 Å². The number of halogens is 1. The van der Waals surface area contributed by atoms with Gasteiger partial charge in [-0.05, 0) is 30.5 Å². The fraction of sp³-hybridized carbons (Fsp3) is 0.529. The van der Waals surface area contributed by atoms with Crippen molar-refractivity contribution in [1.29, 1.82) is 5.26 Å². The molecule has 2 saturated heterocycles. The van der Waals surface area contributed by atoms with Crippen LogP contribution in [0.4, 0.5) is 4.39 Å². The van der Waals surface area contributed by atoms with Crippen LogP contribution in [0.1, 0.15) is 30.9 Å². The number of ether oxygens (including phenoxy) is 1.